The Hall–Kier alpha value is -1.98. The van der Waals surface area contributed by atoms with Crippen molar-refractivity contribution < 1.29 is 13.3 Å². The predicted molar refractivity (Wildman–Crippen MR) is 47.5 cm³/mol. The van der Waals surface area contributed by atoms with Crippen molar-refractivity contribution in [1.82, 2.24) is 10.1 Å². The van der Waals surface area contributed by atoms with Gasteiger partial charge in [-0.3, -0.25) is 9.51 Å². The Morgan fingerprint density at radius 2 is 2.07 bits per heavy atom. The number of nitrogens with zero attached hydrogens (tertiary/aromatic N) is 1. The summed E-state index contributed by atoms with van der Waals surface area (Å²) in [5, 5.41) is 3.35. The smallest absolute Gasteiger partial charge is 0.296 e. The van der Waals surface area contributed by atoms with Crippen molar-refractivity contribution in [3.63, 3.8) is 0 Å². The van der Waals surface area contributed by atoms with Crippen LogP contribution in [0, 0.1) is 0 Å². The minimum absolute atomic E-state index is 0.0101. The van der Waals surface area contributed by atoms with Crippen LogP contribution in [0.2, 0.25) is 0 Å². The van der Waals surface area contributed by atoms with Crippen LogP contribution in [-0.2, 0) is 0 Å². The highest BCUT2D eigenvalue weighted by atomic mass is 19.3. The summed E-state index contributed by atoms with van der Waals surface area (Å²) in [6.07, 6.45) is -2.62. The van der Waals surface area contributed by atoms with Crippen molar-refractivity contribution in [2.24, 2.45) is 0 Å². The number of hydrogen-bond acceptors (Lipinski definition) is 3. The molecule has 15 heavy (non-hydrogen) atoms. The highest BCUT2D eigenvalue weighted by molar-refractivity contribution is 5.59. The van der Waals surface area contributed by atoms with Gasteiger partial charge in [0.15, 0.2) is 5.82 Å². The molecule has 0 bridgehead atoms. The number of halogens is 2. The molecular weight excluding hydrogens is 206 g/mol. The van der Waals surface area contributed by atoms with Gasteiger partial charge in [-0.05, 0) is 0 Å². The van der Waals surface area contributed by atoms with E-state index in [1.807, 2.05) is 0 Å². The highest BCUT2D eigenvalue weighted by Gasteiger charge is 2.15. The lowest BCUT2D eigenvalue weighted by Crippen LogP contribution is -1.96. The fraction of sp³-hybridized carbons (Fsp3) is 0.111. The zero-order valence-electron chi connectivity index (χ0n) is 7.41. The van der Waals surface area contributed by atoms with Crippen LogP contribution < -0.4 is 5.76 Å². The molecule has 4 nitrogen and oxygen atoms in total. The maximum Gasteiger partial charge on any atom is 0.439 e. The van der Waals surface area contributed by atoms with E-state index >= 15 is 0 Å². The van der Waals surface area contributed by atoms with Crippen LogP contribution in [0.3, 0.4) is 0 Å². The van der Waals surface area contributed by atoms with E-state index in [4.69, 9.17) is 0 Å². The summed E-state index contributed by atoms with van der Waals surface area (Å²) in [7, 11) is 0. The average Bonchev–Trinajstić information content (AvgIpc) is 2.65. The molecule has 2 aromatic rings. The number of alkyl halides is 2. The molecule has 0 atom stereocenters. The molecule has 1 heterocycles. The van der Waals surface area contributed by atoms with E-state index in [2.05, 4.69) is 14.7 Å². The van der Waals surface area contributed by atoms with Gasteiger partial charge >= 0.3 is 5.76 Å². The van der Waals surface area contributed by atoms with Crippen LogP contribution in [0.15, 0.2) is 33.6 Å². The first-order valence-electron chi connectivity index (χ1n) is 4.12. The van der Waals surface area contributed by atoms with Gasteiger partial charge in [-0.2, -0.15) is 0 Å². The standard InChI is InChI=1S/C9H6F2N2O2/c10-7(11)5-3-1-2-4-6(5)8-12-9(14)15-13-8/h1-4,7H,(H,12,13,14). The quantitative estimate of drug-likeness (QED) is 0.827. The van der Waals surface area contributed by atoms with Gasteiger partial charge in [0.1, 0.15) is 0 Å². The molecule has 0 spiro atoms. The molecule has 0 aliphatic carbocycles. The maximum atomic E-state index is 12.6. The predicted octanol–water partition coefficient (Wildman–Crippen LogP) is 1.97. The molecule has 1 aromatic carbocycles. The summed E-state index contributed by atoms with van der Waals surface area (Å²) in [5.41, 5.74) is -0.0274. The summed E-state index contributed by atoms with van der Waals surface area (Å²) in [5.74, 6) is -0.759. The van der Waals surface area contributed by atoms with Crippen molar-refractivity contribution in [2.45, 2.75) is 6.43 Å². The Labute approximate surface area is 82.5 Å². The zero-order chi connectivity index (χ0) is 10.8. The van der Waals surface area contributed by atoms with Crippen LogP contribution in [0.25, 0.3) is 11.4 Å². The van der Waals surface area contributed by atoms with Crippen molar-refractivity contribution in [3.8, 4) is 11.4 Å². The maximum absolute atomic E-state index is 12.6. The third kappa shape index (κ3) is 1.78. The molecule has 0 fully saturated rings. The molecule has 0 saturated heterocycles. The molecule has 2 rings (SSSR count). The van der Waals surface area contributed by atoms with Crippen LogP contribution in [0.4, 0.5) is 8.78 Å². The zero-order valence-corrected chi connectivity index (χ0v) is 7.41. The minimum Gasteiger partial charge on any atom is -0.296 e. The Bertz CT molecular complexity index is 519. The number of aromatic amines is 1. The van der Waals surface area contributed by atoms with Crippen molar-refractivity contribution in [1.29, 1.82) is 0 Å². The van der Waals surface area contributed by atoms with Gasteiger partial charge in [0.2, 0.25) is 0 Å². The van der Waals surface area contributed by atoms with Crippen molar-refractivity contribution in [2.75, 3.05) is 0 Å². The first-order valence-corrected chi connectivity index (χ1v) is 4.12. The number of aromatic nitrogens is 2. The number of benzene rings is 1. The van der Waals surface area contributed by atoms with Gasteiger partial charge < -0.3 is 0 Å². The molecule has 6 heteroatoms. The summed E-state index contributed by atoms with van der Waals surface area (Å²) in [4.78, 5) is 12.9. The second-order valence-electron chi connectivity index (χ2n) is 2.83. The van der Waals surface area contributed by atoms with Crippen molar-refractivity contribution in [3.05, 3.63) is 40.4 Å². The van der Waals surface area contributed by atoms with E-state index in [9.17, 15) is 13.6 Å². The third-order valence-electron chi connectivity index (χ3n) is 1.89. The molecule has 1 aromatic heterocycles. The summed E-state index contributed by atoms with van der Waals surface area (Å²) in [6, 6.07) is 5.78. The molecular formula is C9H6F2N2O2. The normalized spacial score (nSPS) is 10.9. The average molecular weight is 212 g/mol. The third-order valence-corrected chi connectivity index (χ3v) is 1.89. The van der Waals surface area contributed by atoms with Crippen molar-refractivity contribution >= 4 is 0 Å². The Morgan fingerprint density at radius 3 is 2.67 bits per heavy atom. The number of rotatable bonds is 2. The van der Waals surface area contributed by atoms with Gasteiger partial charge in [0, 0.05) is 11.1 Å². The Morgan fingerprint density at radius 1 is 1.33 bits per heavy atom. The second kappa shape index (κ2) is 3.64. The van der Waals surface area contributed by atoms with E-state index in [0.717, 1.165) is 0 Å². The highest BCUT2D eigenvalue weighted by Crippen LogP contribution is 2.28. The Balaban J connectivity index is 2.57. The molecule has 0 aliphatic heterocycles. The van der Waals surface area contributed by atoms with Crippen LogP contribution in [0.1, 0.15) is 12.0 Å². The van der Waals surface area contributed by atoms with Gasteiger partial charge in [-0.1, -0.05) is 29.4 Å². The van der Waals surface area contributed by atoms with Gasteiger partial charge in [-0.15, -0.1) is 0 Å². The minimum atomic E-state index is -2.62. The van der Waals surface area contributed by atoms with Crippen LogP contribution in [0.5, 0.6) is 0 Å². The number of nitrogens with one attached hydrogen (secondary N) is 1. The molecule has 0 aliphatic rings. The molecule has 78 valence electrons. The van der Waals surface area contributed by atoms with E-state index in [1.165, 1.54) is 18.2 Å². The van der Waals surface area contributed by atoms with Gasteiger partial charge in [-0.25, -0.2) is 13.6 Å². The first kappa shape index (κ1) is 9.57. The summed E-state index contributed by atoms with van der Waals surface area (Å²) in [6.45, 7) is 0. The lowest BCUT2D eigenvalue weighted by atomic mass is 10.1. The number of H-pyrrole nitrogens is 1. The first-order chi connectivity index (χ1) is 7.18. The summed E-state index contributed by atoms with van der Waals surface area (Å²) >= 11 is 0. The van der Waals surface area contributed by atoms with E-state index in [0.29, 0.717) is 0 Å². The second-order valence-corrected chi connectivity index (χ2v) is 2.83. The molecule has 0 unspecified atom stereocenters. The summed E-state index contributed by atoms with van der Waals surface area (Å²) < 4.78 is 29.4. The molecule has 1 N–H and O–H groups in total. The monoisotopic (exact) mass is 212 g/mol. The van der Waals surface area contributed by atoms with Crippen LogP contribution >= 0.6 is 0 Å². The van der Waals surface area contributed by atoms with Gasteiger partial charge in [0.05, 0.1) is 0 Å². The SMILES string of the molecule is O=c1[nH]c(-c2ccccc2C(F)F)no1. The fourth-order valence-electron chi connectivity index (χ4n) is 1.25. The largest absolute Gasteiger partial charge is 0.439 e. The topological polar surface area (TPSA) is 58.9 Å². The lowest BCUT2D eigenvalue weighted by molar-refractivity contribution is 0.152. The van der Waals surface area contributed by atoms with E-state index in [1.54, 1.807) is 6.07 Å². The fourth-order valence-corrected chi connectivity index (χ4v) is 1.25. The number of hydrogen-bond donors (Lipinski definition) is 1. The molecule has 0 amide bonds. The lowest BCUT2D eigenvalue weighted by Gasteiger charge is -2.03. The molecule has 0 saturated carbocycles. The van der Waals surface area contributed by atoms with E-state index in [-0.39, 0.29) is 17.0 Å². The van der Waals surface area contributed by atoms with Gasteiger partial charge in [0.25, 0.3) is 6.43 Å². The Kier molecular flexibility index (Phi) is 2.32. The molecule has 0 radical (unpaired) electrons. The van der Waals surface area contributed by atoms with Crippen LogP contribution in [-0.4, -0.2) is 10.1 Å². The van der Waals surface area contributed by atoms with E-state index < -0.39 is 12.2 Å².